The molecule has 2 aromatic heterocycles. The summed E-state index contributed by atoms with van der Waals surface area (Å²) < 4.78 is 0. The van der Waals surface area contributed by atoms with Crippen molar-refractivity contribution >= 4 is 17.7 Å². The van der Waals surface area contributed by atoms with E-state index in [0.29, 0.717) is 38.0 Å². The summed E-state index contributed by atoms with van der Waals surface area (Å²) in [5.41, 5.74) is 3.01. The van der Waals surface area contributed by atoms with Crippen LogP contribution in [0.3, 0.4) is 0 Å². The molecule has 4 rings (SSSR count). The largest absolute Gasteiger partial charge is 0.480 e. The van der Waals surface area contributed by atoms with Crippen LogP contribution in [-0.4, -0.2) is 58.0 Å². The van der Waals surface area contributed by atoms with E-state index in [4.69, 9.17) is 4.98 Å². The maximum atomic E-state index is 12.6. The van der Waals surface area contributed by atoms with Gasteiger partial charge in [-0.2, -0.15) is 0 Å². The summed E-state index contributed by atoms with van der Waals surface area (Å²) >= 11 is 0. The average Bonchev–Trinajstić information content (AvgIpc) is 2.82. The number of hydrogen-bond acceptors (Lipinski definition) is 6. The lowest BCUT2D eigenvalue weighted by atomic mass is 9.93. The van der Waals surface area contributed by atoms with Crippen LogP contribution in [0.1, 0.15) is 48.5 Å². The molecule has 8 nitrogen and oxygen atoms in total. The number of anilines is 1. The first-order valence-electron chi connectivity index (χ1n) is 11.5. The summed E-state index contributed by atoms with van der Waals surface area (Å²) in [4.78, 5) is 35.1. The molecule has 1 saturated heterocycles. The molecule has 1 fully saturated rings. The number of aromatic nitrogens is 2. The predicted octanol–water partition coefficient (Wildman–Crippen LogP) is 2.42. The third-order valence-electron chi connectivity index (χ3n) is 6.36. The zero-order chi connectivity index (χ0) is 22.3. The SMILES string of the molecule is O=C(NCCCc1ccc2c(n1)NCCC2)C1CCN(C(C(=O)O)c2cccnc2)CC1. The van der Waals surface area contributed by atoms with Gasteiger partial charge in [-0.1, -0.05) is 12.1 Å². The molecule has 0 aromatic carbocycles. The van der Waals surface area contributed by atoms with Gasteiger partial charge in [0.15, 0.2) is 0 Å². The normalized spacial score (nSPS) is 17.8. The minimum Gasteiger partial charge on any atom is -0.480 e. The van der Waals surface area contributed by atoms with Gasteiger partial charge in [0, 0.05) is 50.2 Å². The number of nitrogens with one attached hydrogen (secondary N) is 2. The number of carboxylic acid groups (broad SMARTS) is 1. The Morgan fingerprint density at radius 3 is 2.84 bits per heavy atom. The molecule has 8 heteroatoms. The number of carboxylic acids is 1. The number of pyridine rings is 2. The van der Waals surface area contributed by atoms with E-state index in [1.54, 1.807) is 24.5 Å². The van der Waals surface area contributed by atoms with Crippen molar-refractivity contribution in [3.63, 3.8) is 0 Å². The van der Waals surface area contributed by atoms with Crippen molar-refractivity contribution in [2.75, 3.05) is 31.5 Å². The summed E-state index contributed by atoms with van der Waals surface area (Å²) in [7, 11) is 0. The molecule has 2 aliphatic rings. The van der Waals surface area contributed by atoms with Crippen molar-refractivity contribution in [1.82, 2.24) is 20.2 Å². The molecule has 1 amide bonds. The zero-order valence-electron chi connectivity index (χ0n) is 18.3. The highest BCUT2D eigenvalue weighted by atomic mass is 16.4. The molecule has 2 aliphatic heterocycles. The predicted molar refractivity (Wildman–Crippen MR) is 121 cm³/mol. The number of carbonyl (C=O) groups is 2. The van der Waals surface area contributed by atoms with Crippen molar-refractivity contribution < 1.29 is 14.7 Å². The Labute approximate surface area is 188 Å². The summed E-state index contributed by atoms with van der Waals surface area (Å²) in [5, 5.41) is 16.1. The Bertz CT molecular complexity index is 928. The minimum atomic E-state index is -0.883. The number of likely N-dealkylation sites (tertiary alicyclic amines) is 1. The van der Waals surface area contributed by atoms with Gasteiger partial charge in [-0.25, -0.2) is 4.98 Å². The Morgan fingerprint density at radius 1 is 1.25 bits per heavy atom. The number of fused-ring (bicyclic) bond motifs is 1. The molecule has 0 aliphatic carbocycles. The molecule has 2 aromatic rings. The molecule has 1 unspecified atom stereocenters. The van der Waals surface area contributed by atoms with Crippen LogP contribution in [-0.2, 0) is 22.4 Å². The van der Waals surface area contributed by atoms with Gasteiger partial charge in [0.25, 0.3) is 0 Å². The molecule has 0 saturated carbocycles. The molecular formula is C24H31N5O3. The first-order valence-corrected chi connectivity index (χ1v) is 11.5. The van der Waals surface area contributed by atoms with Crippen molar-refractivity contribution in [1.29, 1.82) is 0 Å². The van der Waals surface area contributed by atoms with Crippen molar-refractivity contribution in [2.45, 2.75) is 44.6 Å². The van der Waals surface area contributed by atoms with E-state index in [-0.39, 0.29) is 11.8 Å². The molecule has 4 heterocycles. The lowest BCUT2D eigenvalue weighted by molar-refractivity contribution is -0.144. The van der Waals surface area contributed by atoms with Crippen LogP contribution in [0.5, 0.6) is 0 Å². The molecule has 0 bridgehead atoms. The Morgan fingerprint density at radius 2 is 2.09 bits per heavy atom. The molecule has 32 heavy (non-hydrogen) atoms. The second kappa shape index (κ2) is 10.5. The van der Waals surface area contributed by atoms with Gasteiger partial charge >= 0.3 is 5.97 Å². The Hall–Kier alpha value is -3.00. The highest BCUT2D eigenvalue weighted by Gasteiger charge is 2.33. The van der Waals surface area contributed by atoms with Gasteiger partial charge in [0.05, 0.1) is 0 Å². The van der Waals surface area contributed by atoms with Gasteiger partial charge in [-0.15, -0.1) is 0 Å². The highest BCUT2D eigenvalue weighted by Crippen LogP contribution is 2.27. The van der Waals surface area contributed by atoms with Crippen LogP contribution in [0.25, 0.3) is 0 Å². The number of piperidine rings is 1. The third-order valence-corrected chi connectivity index (χ3v) is 6.36. The van der Waals surface area contributed by atoms with Gasteiger partial charge in [0.1, 0.15) is 11.9 Å². The van der Waals surface area contributed by atoms with Crippen molar-refractivity contribution in [3.05, 3.63) is 53.5 Å². The topological polar surface area (TPSA) is 107 Å². The van der Waals surface area contributed by atoms with Gasteiger partial charge in [-0.05, 0) is 61.8 Å². The van der Waals surface area contributed by atoms with Crippen LogP contribution in [0.2, 0.25) is 0 Å². The minimum absolute atomic E-state index is 0.0676. The number of aryl methyl sites for hydroxylation is 2. The lowest BCUT2D eigenvalue weighted by Crippen LogP contribution is -2.44. The van der Waals surface area contributed by atoms with Crippen LogP contribution in [0.4, 0.5) is 5.82 Å². The molecule has 170 valence electrons. The fourth-order valence-corrected chi connectivity index (χ4v) is 4.60. The summed E-state index contributed by atoms with van der Waals surface area (Å²) in [6, 6.07) is 7.07. The second-order valence-electron chi connectivity index (χ2n) is 8.57. The number of nitrogens with zero attached hydrogens (tertiary/aromatic N) is 3. The quantitative estimate of drug-likeness (QED) is 0.545. The first kappa shape index (κ1) is 22.2. The van der Waals surface area contributed by atoms with E-state index < -0.39 is 12.0 Å². The lowest BCUT2D eigenvalue weighted by Gasteiger charge is -2.35. The van der Waals surface area contributed by atoms with Crippen LogP contribution < -0.4 is 10.6 Å². The fraction of sp³-hybridized carbons (Fsp3) is 0.500. The molecule has 0 spiro atoms. The maximum Gasteiger partial charge on any atom is 0.325 e. The summed E-state index contributed by atoms with van der Waals surface area (Å²) in [6.45, 7) is 2.76. The Kier molecular flexibility index (Phi) is 7.32. The standard InChI is InChI=1S/C24H31N5O3/c30-23(27-13-3-6-20-8-7-17-4-2-12-26-22(17)28-20)18-9-14-29(15-10-18)21(24(31)32)19-5-1-11-25-16-19/h1,5,7-8,11,16,18,21H,2-4,6,9-10,12-15H2,(H,26,28)(H,27,30)(H,31,32). The third kappa shape index (κ3) is 5.43. The maximum absolute atomic E-state index is 12.6. The van der Waals surface area contributed by atoms with E-state index >= 15 is 0 Å². The highest BCUT2D eigenvalue weighted by molar-refractivity contribution is 5.79. The van der Waals surface area contributed by atoms with E-state index in [1.165, 1.54) is 5.56 Å². The molecule has 3 N–H and O–H groups in total. The van der Waals surface area contributed by atoms with E-state index in [0.717, 1.165) is 43.7 Å². The average molecular weight is 438 g/mol. The molecule has 1 atom stereocenters. The van der Waals surface area contributed by atoms with Gasteiger partial charge in [-0.3, -0.25) is 19.5 Å². The smallest absolute Gasteiger partial charge is 0.325 e. The van der Waals surface area contributed by atoms with Gasteiger partial charge in [0.2, 0.25) is 5.91 Å². The Balaban J connectivity index is 1.20. The fourth-order valence-electron chi connectivity index (χ4n) is 4.60. The number of rotatable bonds is 8. The van der Waals surface area contributed by atoms with Crippen molar-refractivity contribution in [3.8, 4) is 0 Å². The van der Waals surface area contributed by atoms with Crippen LogP contribution >= 0.6 is 0 Å². The molecular weight excluding hydrogens is 406 g/mol. The second-order valence-corrected chi connectivity index (χ2v) is 8.57. The number of hydrogen-bond donors (Lipinski definition) is 3. The zero-order valence-corrected chi connectivity index (χ0v) is 18.3. The van der Waals surface area contributed by atoms with E-state index in [9.17, 15) is 14.7 Å². The summed E-state index contributed by atoms with van der Waals surface area (Å²) in [6.07, 6.45) is 8.47. The van der Waals surface area contributed by atoms with Crippen LogP contribution in [0.15, 0.2) is 36.7 Å². The first-order chi connectivity index (χ1) is 15.6. The number of carbonyl (C=O) groups excluding carboxylic acids is 1. The monoisotopic (exact) mass is 437 g/mol. The van der Waals surface area contributed by atoms with E-state index in [1.807, 2.05) is 4.90 Å². The van der Waals surface area contributed by atoms with Crippen LogP contribution in [0, 0.1) is 5.92 Å². The number of amides is 1. The molecule has 0 radical (unpaired) electrons. The number of aliphatic carboxylic acids is 1. The van der Waals surface area contributed by atoms with E-state index in [2.05, 4.69) is 27.8 Å². The summed E-state index contributed by atoms with van der Waals surface area (Å²) in [5.74, 6) is 0.126. The van der Waals surface area contributed by atoms with Gasteiger partial charge < -0.3 is 15.7 Å². The van der Waals surface area contributed by atoms with Crippen molar-refractivity contribution in [2.24, 2.45) is 5.92 Å².